The fourth-order valence-corrected chi connectivity index (χ4v) is 13.1. The van der Waals surface area contributed by atoms with E-state index in [0.29, 0.717) is 33.6 Å². The molecule has 1 amide bonds. The number of hydrogen-bond acceptors (Lipinski definition) is 19. The number of carbonyl (C=O) groups is 1. The van der Waals surface area contributed by atoms with Gasteiger partial charge in [-0.05, 0) is 83.5 Å². The van der Waals surface area contributed by atoms with Crippen molar-refractivity contribution in [2.24, 2.45) is 20.9 Å². The summed E-state index contributed by atoms with van der Waals surface area (Å²) in [6.07, 6.45) is -7.09. The number of fused-ring (bicyclic) bond motifs is 3. The molecule has 6 aliphatic rings. The Morgan fingerprint density at radius 1 is 0.713 bits per heavy atom. The van der Waals surface area contributed by atoms with Crippen LogP contribution in [-0.2, 0) is 30.3 Å². The molecule has 80 heavy (non-hydrogen) atoms. The number of ether oxygens (including phenoxy) is 8. The van der Waals surface area contributed by atoms with Crippen LogP contribution in [0.5, 0.6) is 17.2 Å². The van der Waals surface area contributed by atoms with Crippen molar-refractivity contribution in [1.82, 2.24) is 10.2 Å². The van der Waals surface area contributed by atoms with Crippen LogP contribution in [0.1, 0.15) is 54.0 Å². The smallest absolute Gasteiger partial charge is 0.416 e. The van der Waals surface area contributed by atoms with Crippen molar-refractivity contribution in [3.8, 4) is 17.2 Å². The van der Waals surface area contributed by atoms with Gasteiger partial charge in [0.2, 0.25) is 0 Å². The van der Waals surface area contributed by atoms with E-state index in [4.69, 9.17) is 42.9 Å². The molecule has 0 radical (unpaired) electrons. The van der Waals surface area contributed by atoms with Crippen LogP contribution in [-0.4, -0.2) is 175 Å². The first kappa shape index (κ1) is 60.8. The molecule has 4 aromatic rings. The molecular weight excluding hydrogens is 1080 g/mol. The van der Waals surface area contributed by atoms with E-state index in [1.54, 1.807) is 14.1 Å². The van der Waals surface area contributed by atoms with E-state index in [2.05, 4.69) is 46.1 Å². The van der Waals surface area contributed by atoms with Gasteiger partial charge in [0.05, 0.1) is 18.8 Å². The number of rotatable bonds is 12. The molecule has 6 heterocycles. The molecule has 6 N–H and O–H groups in total. The highest BCUT2D eigenvalue weighted by atomic mass is 32.2. The third kappa shape index (κ3) is 15.2. The fraction of sp³-hybridized carbons (Fsp3) is 0.500. The maximum Gasteiger partial charge on any atom is 0.416 e. The lowest BCUT2D eigenvalue weighted by Gasteiger charge is -2.43. The first-order chi connectivity index (χ1) is 38.3. The van der Waals surface area contributed by atoms with Crippen LogP contribution in [0, 0.1) is 5.92 Å². The summed E-state index contributed by atoms with van der Waals surface area (Å²) in [5.41, 5.74) is -0.411. The fourth-order valence-electron chi connectivity index (χ4n) is 9.81. The number of carbonyl (C=O) groups excluding carboxylic acids is 1. The summed E-state index contributed by atoms with van der Waals surface area (Å²) >= 11 is 4.20. The number of benzene rings is 4. The van der Waals surface area contributed by atoms with Crippen molar-refractivity contribution < 1.29 is 68.1 Å². The van der Waals surface area contributed by atoms with Crippen LogP contribution in [0.4, 0.5) is 4.79 Å². The van der Waals surface area contributed by atoms with Gasteiger partial charge in [0, 0.05) is 31.8 Å². The number of amides is 1. The summed E-state index contributed by atoms with van der Waals surface area (Å²) in [5, 5.41) is 46.3. The molecule has 0 aliphatic carbocycles. The molecule has 0 spiro atoms. The minimum Gasteiger partial charge on any atom is -0.488 e. The van der Waals surface area contributed by atoms with E-state index >= 15 is 0 Å². The number of nitrogens with zero attached hydrogens (tertiary/aromatic N) is 4. The minimum absolute atomic E-state index is 0.00390. The second kappa shape index (κ2) is 27.7. The predicted octanol–water partition coefficient (Wildman–Crippen LogP) is 5.48. The van der Waals surface area contributed by atoms with Crippen LogP contribution in [0.25, 0.3) is 0 Å². The van der Waals surface area contributed by atoms with Crippen molar-refractivity contribution in [3.63, 3.8) is 0 Å². The standard InChI is InChI=1S/C28H36N2O5S.C15H20N2O4S.C15H18N2O4S/c1-18-23(19(2)33-21-15-11-8-12-16-21)34-25-22(24(18)32-17-20-13-9-7-10-14-20)29-26(36-25)30(6)27(31)35-28(3,4)5;2*1-8(20-9-6-4-3-5-7-9)13-12(19)11(18)10-14(21-13)22-15(16-2)17-10/h7-16,18-19,22-25H,17H2,1-6H3;3-8,10-14,18-19H,1-2H3,(H,16,17);3-8,10-14,18-19H,2H2,1H3/p+1/t18-,19?,22-,23+,24+,25-;8-,10+,11+,12-,13+,14+;8-,10-,11-,12+,13-,14-/m101/s1. The van der Waals surface area contributed by atoms with Crippen molar-refractivity contribution >= 4 is 63.6 Å². The van der Waals surface area contributed by atoms with E-state index in [9.17, 15) is 25.2 Å². The van der Waals surface area contributed by atoms with Gasteiger partial charge in [-0.2, -0.15) is 0 Å². The van der Waals surface area contributed by atoms with Crippen LogP contribution in [0.2, 0.25) is 0 Å². The van der Waals surface area contributed by atoms with E-state index in [-0.39, 0.29) is 52.6 Å². The molecule has 4 aromatic carbocycles. The van der Waals surface area contributed by atoms with Gasteiger partial charge in [0.25, 0.3) is 0 Å². The Hall–Kier alpha value is -5.24. The lowest BCUT2D eigenvalue weighted by atomic mass is 9.87. The van der Waals surface area contributed by atoms with E-state index < -0.39 is 66.6 Å². The topological polar surface area (TPSA) is 238 Å². The highest BCUT2D eigenvalue weighted by Gasteiger charge is 2.54. The van der Waals surface area contributed by atoms with Crippen LogP contribution in [0.3, 0.4) is 0 Å². The predicted molar refractivity (Wildman–Crippen MR) is 311 cm³/mol. The molecule has 432 valence electrons. The highest BCUT2D eigenvalue weighted by molar-refractivity contribution is 8.15. The van der Waals surface area contributed by atoms with Gasteiger partial charge >= 0.3 is 11.3 Å². The van der Waals surface area contributed by atoms with Crippen molar-refractivity contribution in [3.05, 3.63) is 127 Å². The van der Waals surface area contributed by atoms with Crippen molar-refractivity contribution in [1.29, 1.82) is 0 Å². The largest absolute Gasteiger partial charge is 0.488 e. The van der Waals surface area contributed by atoms with Gasteiger partial charge in [-0.3, -0.25) is 19.9 Å². The number of aliphatic hydroxyl groups excluding tert-OH is 4. The van der Waals surface area contributed by atoms with Gasteiger partial charge in [0.1, 0.15) is 108 Å². The summed E-state index contributed by atoms with van der Waals surface area (Å²) in [4.78, 5) is 30.0. The molecule has 0 saturated carbocycles. The Morgan fingerprint density at radius 2 is 1.20 bits per heavy atom. The molecule has 0 bridgehead atoms. The molecule has 6 aliphatic heterocycles. The number of hydrogen-bond donors (Lipinski definition) is 6. The summed E-state index contributed by atoms with van der Waals surface area (Å²) in [5.74, 6) is 2.20. The number of aliphatic imine (C=N–C) groups is 3. The summed E-state index contributed by atoms with van der Waals surface area (Å²) in [6, 6.07) is 37.5. The van der Waals surface area contributed by atoms with Gasteiger partial charge in [-0.1, -0.05) is 120 Å². The van der Waals surface area contributed by atoms with Gasteiger partial charge in [-0.25, -0.2) is 4.79 Å². The molecule has 18 atom stereocenters. The van der Waals surface area contributed by atoms with E-state index in [1.807, 2.05) is 151 Å². The summed E-state index contributed by atoms with van der Waals surface area (Å²) in [7, 11) is 3.35. The molecule has 1 unspecified atom stereocenters. The summed E-state index contributed by atoms with van der Waals surface area (Å²) < 4.78 is 48.3. The zero-order valence-electron chi connectivity index (χ0n) is 46.3. The first-order valence-corrected chi connectivity index (χ1v) is 29.3. The second-order valence-electron chi connectivity index (χ2n) is 21.0. The van der Waals surface area contributed by atoms with Gasteiger partial charge < -0.3 is 63.6 Å². The Kier molecular flexibility index (Phi) is 21.1. The minimum atomic E-state index is -1.04. The highest BCUT2D eigenvalue weighted by Crippen LogP contribution is 2.43. The molecule has 19 nitrogen and oxygen atoms in total. The molecule has 0 aromatic heterocycles. The Bertz CT molecular complexity index is 2720. The average molecular weight is 1160 g/mol. The second-order valence-corrected chi connectivity index (χ2v) is 24.3. The molecule has 10 rings (SSSR count). The third-order valence-corrected chi connectivity index (χ3v) is 17.4. The molecule has 4 fully saturated rings. The Labute approximate surface area is 480 Å². The normalized spacial score (nSPS) is 32.0. The number of amidine groups is 3. The first-order valence-electron chi connectivity index (χ1n) is 26.7. The maximum atomic E-state index is 12.7. The Balaban J connectivity index is 0.000000166. The summed E-state index contributed by atoms with van der Waals surface area (Å²) in [6.45, 7) is 17.3. The van der Waals surface area contributed by atoms with Crippen LogP contribution >= 0.6 is 35.3 Å². The zero-order chi connectivity index (χ0) is 57.3. The number of aliphatic hydroxyl groups is 4. The Morgan fingerprint density at radius 3 is 1.71 bits per heavy atom. The number of nitrogens with one attached hydrogen (secondary N) is 2. The van der Waals surface area contributed by atoms with Crippen LogP contribution in [0.15, 0.2) is 136 Å². The van der Waals surface area contributed by atoms with Crippen molar-refractivity contribution in [2.45, 2.75) is 162 Å². The van der Waals surface area contributed by atoms with Crippen LogP contribution < -0.4 is 24.5 Å². The lowest BCUT2D eigenvalue weighted by molar-refractivity contribution is -0.531. The van der Waals surface area contributed by atoms with Gasteiger partial charge in [-0.15, -0.1) is 0 Å². The number of thioether (sulfide) groups is 3. The lowest BCUT2D eigenvalue weighted by Crippen LogP contribution is -2.84. The molecule has 22 heteroatoms. The van der Waals surface area contributed by atoms with Crippen molar-refractivity contribution in [2.75, 3.05) is 14.1 Å². The monoisotopic (exact) mass is 1160 g/mol. The maximum absolute atomic E-state index is 12.7. The van der Waals surface area contributed by atoms with E-state index in [0.717, 1.165) is 11.3 Å². The third-order valence-electron chi connectivity index (χ3n) is 13.9. The molecule has 4 saturated heterocycles. The SMILES string of the molecule is C=NC1=[NH+][C@@H]2[C@@H](O)[C@H](O)[C@@H]([C@@H](C)Oc3ccccc3)O[C@@H]2S1.CC(Oc1ccccc1)[C@H]1O[C@@H]2SC(N(C)C(=O)OC(C)(C)C)=N[C@@H]2[C@@H](OCc2ccccc2)[C@@H]1C.CN=C1N[C@@H]2[C@@H](O)[C@H](O)[C@@H]([C@H](C)Oc3ccccc3)O[C@@H]2S1. The quantitative estimate of drug-likeness (QED) is 0.0963. The molecular formula is C58H75N6O13S3+. The van der Waals surface area contributed by atoms with E-state index in [1.165, 1.54) is 40.2 Å². The average Bonchev–Trinajstić information content (AvgIpc) is 4.25. The zero-order valence-corrected chi connectivity index (χ0v) is 48.8. The van der Waals surface area contributed by atoms with Gasteiger partial charge in [0.15, 0.2) is 21.8 Å². The number of para-hydroxylation sites is 3.